The normalized spacial score (nSPS) is 14.6. The van der Waals surface area contributed by atoms with Gasteiger partial charge in [-0.1, -0.05) is 150 Å². The number of phosphoric acid groups is 1. The summed E-state index contributed by atoms with van der Waals surface area (Å²) in [5.41, 5.74) is 0. The number of esters is 1. The maximum absolute atomic E-state index is 12.7. The van der Waals surface area contributed by atoms with Crippen LogP contribution < -0.4 is 0 Å². The average Bonchev–Trinajstić information content (AvgIpc) is 3.16. The summed E-state index contributed by atoms with van der Waals surface area (Å²) in [6, 6.07) is 0. The van der Waals surface area contributed by atoms with Crippen LogP contribution in [0.3, 0.4) is 0 Å². The van der Waals surface area contributed by atoms with E-state index >= 15 is 0 Å². The molecule has 0 rings (SSSR count). The first-order valence-electron chi connectivity index (χ1n) is 22.3. The van der Waals surface area contributed by atoms with Gasteiger partial charge >= 0.3 is 13.8 Å². The molecule has 0 spiro atoms. The van der Waals surface area contributed by atoms with Crippen molar-refractivity contribution in [3.63, 3.8) is 0 Å². The summed E-state index contributed by atoms with van der Waals surface area (Å²) in [6.45, 7) is 5.31. The Hall–Kier alpha value is -2.32. The van der Waals surface area contributed by atoms with Gasteiger partial charge in [-0.3, -0.25) is 13.8 Å². The third kappa shape index (κ3) is 44.6. The summed E-state index contributed by atoms with van der Waals surface area (Å²) in [6.07, 6.45) is 53.4. The van der Waals surface area contributed by atoms with E-state index in [0.717, 1.165) is 83.5 Å². The van der Waals surface area contributed by atoms with E-state index in [1.165, 1.54) is 51.4 Å². The highest BCUT2D eigenvalue weighted by Gasteiger charge is 2.26. The highest BCUT2D eigenvalue weighted by Crippen LogP contribution is 2.43. The van der Waals surface area contributed by atoms with Crippen molar-refractivity contribution in [3.8, 4) is 0 Å². The number of hydrogen-bond acceptors (Lipinski definition) is 6. The summed E-state index contributed by atoms with van der Waals surface area (Å²) in [5, 5.41) is 0. The zero-order valence-electron chi connectivity index (χ0n) is 37.0. The van der Waals surface area contributed by atoms with Gasteiger partial charge in [0.1, 0.15) is 19.3 Å². The molecule has 8 nitrogen and oxygen atoms in total. The van der Waals surface area contributed by atoms with Crippen LogP contribution >= 0.6 is 7.82 Å². The number of nitrogens with zero attached hydrogens (tertiary/aromatic N) is 1. The lowest BCUT2D eigenvalue weighted by atomic mass is 10.1. The number of rotatable bonds is 40. The minimum Gasteiger partial charge on any atom is -0.457 e. The number of phosphoric ester groups is 1. The standard InChI is InChI=1S/C48H84NO7P/c1-6-8-10-12-14-16-18-20-22-23-24-25-26-28-30-32-34-36-38-40-43-53-45-47(46-55-57(51,52)54-44-42-49(3,4)5)56-48(50)41-39-37-35-33-31-29-27-21-19-17-15-13-11-9-7-2/h8,10,14,16,20-22,24-25,27-28,30,34,36,47H,6-7,9,11-13,15,17-19,23,26,29,31-33,35,37-46H2,1-5H3/p+1/b10-8-,16-14-,22-20-,25-24-,27-21-,30-28-,36-34-. The summed E-state index contributed by atoms with van der Waals surface area (Å²) < 4.78 is 34.9. The first-order chi connectivity index (χ1) is 27.6. The molecule has 0 aliphatic heterocycles. The lowest BCUT2D eigenvalue weighted by Crippen LogP contribution is -2.37. The fourth-order valence-electron chi connectivity index (χ4n) is 5.50. The van der Waals surface area contributed by atoms with Gasteiger partial charge in [0.2, 0.25) is 0 Å². The van der Waals surface area contributed by atoms with Crippen molar-refractivity contribution in [3.05, 3.63) is 85.1 Å². The minimum absolute atomic E-state index is 0.0717. The van der Waals surface area contributed by atoms with E-state index in [1.807, 2.05) is 21.1 Å². The van der Waals surface area contributed by atoms with Crippen LogP contribution in [0.1, 0.15) is 155 Å². The van der Waals surface area contributed by atoms with Crippen LogP contribution in [0.15, 0.2) is 85.1 Å². The Bertz CT molecular complexity index is 1180. The SMILES string of the molecule is CC/C=C\C/C=C\C/C=C\C/C=C\C/C=C\C/C=C\CCCOCC(COP(=O)(O)OCC[N+](C)(C)C)OC(=O)CCCCCCC/C=C\CCCCCCCC. The molecule has 0 aromatic carbocycles. The predicted octanol–water partition coefficient (Wildman–Crippen LogP) is 13.3. The van der Waals surface area contributed by atoms with Crippen LogP contribution in [-0.2, 0) is 27.9 Å². The smallest absolute Gasteiger partial charge is 0.457 e. The number of hydrogen-bond donors (Lipinski definition) is 1. The molecule has 0 saturated carbocycles. The zero-order valence-corrected chi connectivity index (χ0v) is 37.9. The molecule has 1 N–H and O–H groups in total. The predicted molar refractivity (Wildman–Crippen MR) is 242 cm³/mol. The van der Waals surface area contributed by atoms with E-state index < -0.39 is 13.9 Å². The molecule has 0 saturated heterocycles. The monoisotopic (exact) mass is 819 g/mol. The minimum atomic E-state index is -4.30. The van der Waals surface area contributed by atoms with E-state index in [9.17, 15) is 14.3 Å². The third-order valence-electron chi connectivity index (χ3n) is 8.94. The summed E-state index contributed by atoms with van der Waals surface area (Å²) in [7, 11) is 1.61. The van der Waals surface area contributed by atoms with E-state index in [0.29, 0.717) is 24.1 Å². The Morgan fingerprint density at radius 3 is 1.54 bits per heavy atom. The third-order valence-corrected chi connectivity index (χ3v) is 9.92. The number of allylic oxidation sites excluding steroid dienone is 14. The Morgan fingerprint density at radius 1 is 0.561 bits per heavy atom. The zero-order chi connectivity index (χ0) is 42.0. The molecule has 0 aromatic rings. The van der Waals surface area contributed by atoms with Gasteiger partial charge in [0, 0.05) is 13.0 Å². The number of likely N-dealkylation sites (N-methyl/N-ethyl adjacent to an activating group) is 1. The van der Waals surface area contributed by atoms with Crippen molar-refractivity contribution in [2.24, 2.45) is 0 Å². The molecule has 9 heteroatoms. The second-order valence-electron chi connectivity index (χ2n) is 15.7. The highest BCUT2D eigenvalue weighted by atomic mass is 31.2. The van der Waals surface area contributed by atoms with Crippen molar-refractivity contribution in [2.75, 3.05) is 54.1 Å². The van der Waals surface area contributed by atoms with Crippen molar-refractivity contribution in [1.82, 2.24) is 0 Å². The Morgan fingerprint density at radius 2 is 1.02 bits per heavy atom. The van der Waals surface area contributed by atoms with Gasteiger partial charge in [0.15, 0.2) is 0 Å². The number of ether oxygens (including phenoxy) is 2. The molecule has 2 atom stereocenters. The van der Waals surface area contributed by atoms with Crippen LogP contribution in [0.25, 0.3) is 0 Å². The van der Waals surface area contributed by atoms with Crippen molar-refractivity contribution >= 4 is 13.8 Å². The van der Waals surface area contributed by atoms with Crippen LogP contribution in [0.5, 0.6) is 0 Å². The lowest BCUT2D eigenvalue weighted by molar-refractivity contribution is -0.870. The highest BCUT2D eigenvalue weighted by molar-refractivity contribution is 7.47. The molecular weight excluding hydrogens is 734 g/mol. The molecule has 0 aliphatic rings. The Labute approximate surface area is 350 Å². The van der Waals surface area contributed by atoms with E-state index in [2.05, 4.69) is 98.9 Å². The van der Waals surface area contributed by atoms with Crippen molar-refractivity contribution in [1.29, 1.82) is 0 Å². The first-order valence-corrected chi connectivity index (χ1v) is 23.8. The fraction of sp³-hybridized carbons (Fsp3) is 0.688. The molecule has 2 unspecified atom stereocenters. The summed E-state index contributed by atoms with van der Waals surface area (Å²) >= 11 is 0. The van der Waals surface area contributed by atoms with Crippen LogP contribution in [0.4, 0.5) is 0 Å². The molecule has 0 radical (unpaired) electrons. The molecule has 57 heavy (non-hydrogen) atoms. The van der Waals surface area contributed by atoms with Gasteiger partial charge in [-0.2, -0.15) is 0 Å². The molecule has 0 aromatic heterocycles. The largest absolute Gasteiger partial charge is 0.472 e. The van der Waals surface area contributed by atoms with Crippen LogP contribution in [0.2, 0.25) is 0 Å². The topological polar surface area (TPSA) is 91.3 Å². The molecule has 0 aliphatic carbocycles. The Balaban J connectivity index is 4.37. The van der Waals surface area contributed by atoms with Crippen LogP contribution in [0, 0.1) is 0 Å². The van der Waals surface area contributed by atoms with Gasteiger partial charge in [-0.15, -0.1) is 0 Å². The second kappa shape index (κ2) is 40.5. The molecule has 0 bridgehead atoms. The van der Waals surface area contributed by atoms with Gasteiger partial charge in [0.05, 0.1) is 34.4 Å². The lowest BCUT2D eigenvalue weighted by Gasteiger charge is -2.24. The van der Waals surface area contributed by atoms with Crippen molar-refractivity contribution in [2.45, 2.75) is 161 Å². The number of unbranched alkanes of at least 4 members (excludes halogenated alkanes) is 12. The van der Waals surface area contributed by atoms with E-state index in [-0.39, 0.29) is 25.8 Å². The van der Waals surface area contributed by atoms with Gasteiger partial charge in [-0.25, -0.2) is 4.57 Å². The molecule has 0 amide bonds. The van der Waals surface area contributed by atoms with E-state index in [1.54, 1.807) is 0 Å². The van der Waals surface area contributed by atoms with Crippen LogP contribution in [-0.4, -0.2) is 75.6 Å². The fourth-order valence-corrected chi connectivity index (χ4v) is 6.24. The number of quaternary nitrogens is 1. The second-order valence-corrected chi connectivity index (χ2v) is 17.1. The van der Waals surface area contributed by atoms with Gasteiger partial charge in [-0.05, 0) is 83.5 Å². The van der Waals surface area contributed by atoms with E-state index in [4.69, 9.17) is 18.5 Å². The summed E-state index contributed by atoms with van der Waals surface area (Å²) in [5.74, 6) is -0.346. The maximum Gasteiger partial charge on any atom is 0.472 e. The first kappa shape index (κ1) is 54.7. The molecule has 0 fully saturated rings. The molecule has 0 heterocycles. The van der Waals surface area contributed by atoms with Crippen molar-refractivity contribution < 1.29 is 37.3 Å². The number of carbonyl (C=O) groups excluding carboxylic acids is 1. The van der Waals surface area contributed by atoms with Gasteiger partial charge < -0.3 is 18.9 Å². The number of carbonyl (C=O) groups is 1. The molecule has 328 valence electrons. The average molecular weight is 819 g/mol. The molecular formula is C48H85NO7P+. The summed E-state index contributed by atoms with van der Waals surface area (Å²) in [4.78, 5) is 22.9. The van der Waals surface area contributed by atoms with Gasteiger partial charge in [0.25, 0.3) is 0 Å². The quantitative estimate of drug-likeness (QED) is 0.0216. The Kier molecular flexibility index (Phi) is 38.8. The maximum atomic E-state index is 12.7.